The molecule has 3 heterocycles. The first-order valence-electron chi connectivity index (χ1n) is 12.7. The first kappa shape index (κ1) is 23.8. The molecule has 3 atom stereocenters. The second-order valence-corrected chi connectivity index (χ2v) is 10.6. The predicted molar refractivity (Wildman–Crippen MR) is 138 cm³/mol. The van der Waals surface area contributed by atoms with E-state index in [4.69, 9.17) is 9.72 Å². The number of piperidine rings is 1. The van der Waals surface area contributed by atoms with E-state index in [-0.39, 0.29) is 29.8 Å². The van der Waals surface area contributed by atoms with Gasteiger partial charge in [-0.05, 0) is 55.5 Å². The van der Waals surface area contributed by atoms with E-state index in [1.165, 1.54) is 0 Å². The third-order valence-electron chi connectivity index (χ3n) is 7.36. The van der Waals surface area contributed by atoms with Gasteiger partial charge in [0, 0.05) is 19.5 Å². The number of carbonyl (C=O) groups is 2. The first-order valence-corrected chi connectivity index (χ1v) is 13.5. The number of fused-ring (bicyclic) bond motifs is 1. The van der Waals surface area contributed by atoms with Crippen molar-refractivity contribution in [1.82, 2.24) is 14.8 Å². The summed E-state index contributed by atoms with van der Waals surface area (Å²) in [6, 6.07) is 15.8. The molecule has 7 heteroatoms. The van der Waals surface area contributed by atoms with E-state index in [1.54, 1.807) is 18.4 Å². The number of hydrogen-bond acceptors (Lipinski definition) is 5. The number of nitrogens with zero attached hydrogens (tertiary/aromatic N) is 3. The molecule has 0 bridgehead atoms. The Morgan fingerprint density at radius 1 is 1.14 bits per heavy atom. The van der Waals surface area contributed by atoms with Crippen molar-refractivity contribution in [3.05, 3.63) is 59.1 Å². The Kier molecular flexibility index (Phi) is 7.04. The van der Waals surface area contributed by atoms with E-state index < -0.39 is 0 Å². The maximum atomic E-state index is 14.2. The number of benzene rings is 2. The predicted octanol–water partition coefficient (Wildman–Crippen LogP) is 5.75. The van der Waals surface area contributed by atoms with Gasteiger partial charge in [0.25, 0.3) is 0 Å². The molecule has 2 amide bonds. The molecule has 0 unspecified atom stereocenters. The standard InChI is InChI=1S/C28H33N3O3S/c1-3-4-17-31-25(32)16-15-21(26(31)19-11-13-20(34-2)14-12-19)28(33)30-18-7-9-23(30)27-29-22-8-5-6-10-24(22)35-27/h5-6,8,10-14,21,23,26H,3-4,7,9,15-18H2,1-2H3/t21-,23+,26+/m0/s1. The van der Waals surface area contributed by atoms with Gasteiger partial charge in [0.2, 0.25) is 11.8 Å². The van der Waals surface area contributed by atoms with Crippen LogP contribution in [0.5, 0.6) is 5.75 Å². The molecule has 6 nitrogen and oxygen atoms in total. The smallest absolute Gasteiger partial charge is 0.228 e. The van der Waals surface area contributed by atoms with Crippen LogP contribution in [0.3, 0.4) is 0 Å². The van der Waals surface area contributed by atoms with Crippen LogP contribution in [0.1, 0.15) is 68.1 Å². The van der Waals surface area contributed by atoms with Crippen LogP contribution in [0, 0.1) is 5.92 Å². The van der Waals surface area contributed by atoms with Crippen molar-refractivity contribution >= 4 is 33.4 Å². The fraction of sp³-hybridized carbons (Fsp3) is 0.464. The van der Waals surface area contributed by atoms with E-state index in [0.717, 1.165) is 58.8 Å². The molecule has 0 aliphatic carbocycles. The Labute approximate surface area is 210 Å². The van der Waals surface area contributed by atoms with Gasteiger partial charge >= 0.3 is 0 Å². The van der Waals surface area contributed by atoms with Crippen LogP contribution in [0.15, 0.2) is 48.5 Å². The van der Waals surface area contributed by atoms with Crippen molar-refractivity contribution in [2.75, 3.05) is 20.2 Å². The van der Waals surface area contributed by atoms with Crippen molar-refractivity contribution in [3.8, 4) is 5.75 Å². The fourth-order valence-electron chi connectivity index (χ4n) is 5.55. The molecule has 2 fully saturated rings. The molecule has 0 saturated carbocycles. The van der Waals surface area contributed by atoms with Crippen molar-refractivity contribution < 1.29 is 14.3 Å². The average Bonchev–Trinajstić information content (AvgIpc) is 3.54. The highest BCUT2D eigenvalue weighted by Crippen LogP contribution is 2.43. The van der Waals surface area contributed by atoms with Gasteiger partial charge in [0.15, 0.2) is 0 Å². The lowest BCUT2D eigenvalue weighted by Gasteiger charge is -2.42. The van der Waals surface area contributed by atoms with Crippen molar-refractivity contribution in [2.24, 2.45) is 5.92 Å². The summed E-state index contributed by atoms with van der Waals surface area (Å²) in [5.74, 6) is 0.816. The van der Waals surface area contributed by atoms with Gasteiger partial charge in [-0.3, -0.25) is 9.59 Å². The summed E-state index contributed by atoms with van der Waals surface area (Å²) in [5, 5.41) is 1.02. The summed E-state index contributed by atoms with van der Waals surface area (Å²) in [7, 11) is 1.65. The second kappa shape index (κ2) is 10.4. The Morgan fingerprint density at radius 3 is 2.69 bits per heavy atom. The number of carbonyl (C=O) groups excluding carboxylic acids is 2. The fourth-order valence-corrected chi connectivity index (χ4v) is 6.66. The summed E-state index contributed by atoms with van der Waals surface area (Å²) in [5.41, 5.74) is 2.00. The summed E-state index contributed by atoms with van der Waals surface area (Å²) < 4.78 is 6.51. The first-order chi connectivity index (χ1) is 17.1. The minimum Gasteiger partial charge on any atom is -0.497 e. The molecule has 5 rings (SSSR count). The van der Waals surface area contributed by atoms with E-state index in [1.807, 2.05) is 52.3 Å². The Hall–Kier alpha value is -2.93. The molecule has 0 N–H and O–H groups in total. The second-order valence-electron chi connectivity index (χ2n) is 9.51. The highest BCUT2D eigenvalue weighted by atomic mass is 32.1. The van der Waals surface area contributed by atoms with Crippen LogP contribution >= 0.6 is 11.3 Å². The Bertz CT molecular complexity index is 1160. The number of methoxy groups -OCH3 is 1. The number of likely N-dealkylation sites (tertiary alicyclic amines) is 2. The zero-order valence-electron chi connectivity index (χ0n) is 20.5. The third-order valence-corrected chi connectivity index (χ3v) is 8.50. The molecule has 3 aromatic rings. The zero-order valence-corrected chi connectivity index (χ0v) is 21.3. The molecular weight excluding hydrogens is 458 g/mol. The highest BCUT2D eigenvalue weighted by molar-refractivity contribution is 7.18. The monoisotopic (exact) mass is 491 g/mol. The maximum Gasteiger partial charge on any atom is 0.228 e. The molecule has 2 saturated heterocycles. The molecule has 184 valence electrons. The number of unbranched alkanes of at least 4 members (excludes halogenated alkanes) is 1. The van der Waals surface area contributed by atoms with Crippen LogP contribution in [0.4, 0.5) is 0 Å². The number of rotatable bonds is 7. The van der Waals surface area contributed by atoms with Gasteiger partial charge in [-0.2, -0.15) is 0 Å². The molecule has 0 radical (unpaired) electrons. The molecule has 1 aromatic heterocycles. The number of thiazole rings is 1. The molecular formula is C28H33N3O3S. The van der Waals surface area contributed by atoms with E-state index in [2.05, 4.69) is 13.0 Å². The maximum absolute atomic E-state index is 14.2. The van der Waals surface area contributed by atoms with Gasteiger partial charge in [0.05, 0.1) is 35.3 Å². The zero-order chi connectivity index (χ0) is 24.4. The van der Waals surface area contributed by atoms with Gasteiger partial charge in [-0.25, -0.2) is 4.98 Å². The van der Waals surface area contributed by atoms with Crippen LogP contribution in [0.2, 0.25) is 0 Å². The quantitative estimate of drug-likeness (QED) is 0.422. The molecule has 2 aliphatic rings. The average molecular weight is 492 g/mol. The van der Waals surface area contributed by atoms with Crippen molar-refractivity contribution in [2.45, 2.75) is 57.5 Å². The Balaban J connectivity index is 1.47. The van der Waals surface area contributed by atoms with Gasteiger partial charge in [-0.15, -0.1) is 11.3 Å². The number of ether oxygens (including phenoxy) is 1. The lowest BCUT2D eigenvalue weighted by atomic mass is 9.83. The minimum absolute atomic E-state index is 0.0122. The van der Waals surface area contributed by atoms with Gasteiger partial charge in [-0.1, -0.05) is 37.6 Å². The summed E-state index contributed by atoms with van der Waals surface area (Å²) >= 11 is 1.69. The molecule has 0 spiro atoms. The summed E-state index contributed by atoms with van der Waals surface area (Å²) in [4.78, 5) is 36.1. The largest absolute Gasteiger partial charge is 0.497 e. The lowest BCUT2D eigenvalue weighted by molar-refractivity contribution is -0.148. The van der Waals surface area contributed by atoms with E-state index in [0.29, 0.717) is 19.4 Å². The number of para-hydroxylation sites is 1. The normalized spacial score (nSPS) is 22.7. The molecule has 2 aliphatic heterocycles. The number of hydrogen-bond donors (Lipinski definition) is 0. The lowest BCUT2D eigenvalue weighted by Crippen LogP contribution is -2.49. The van der Waals surface area contributed by atoms with Crippen LogP contribution in [-0.4, -0.2) is 46.8 Å². The third kappa shape index (κ3) is 4.66. The summed E-state index contributed by atoms with van der Waals surface area (Å²) in [6.07, 6.45) is 4.85. The van der Waals surface area contributed by atoms with Crippen molar-refractivity contribution in [1.29, 1.82) is 0 Å². The minimum atomic E-state index is -0.257. The topological polar surface area (TPSA) is 62.7 Å². The van der Waals surface area contributed by atoms with E-state index >= 15 is 0 Å². The SMILES string of the molecule is CCCCN1C(=O)CC[C@H](C(=O)N2CCC[C@@H]2c2nc3ccccc3s2)[C@H]1c1ccc(OC)cc1. The Morgan fingerprint density at radius 2 is 1.94 bits per heavy atom. The van der Waals surface area contributed by atoms with Crippen molar-refractivity contribution in [3.63, 3.8) is 0 Å². The molecule has 35 heavy (non-hydrogen) atoms. The highest BCUT2D eigenvalue weighted by Gasteiger charge is 2.44. The van der Waals surface area contributed by atoms with E-state index in [9.17, 15) is 9.59 Å². The number of amides is 2. The molecule has 2 aromatic carbocycles. The van der Waals surface area contributed by atoms with Gasteiger partial charge < -0.3 is 14.5 Å². The van der Waals surface area contributed by atoms with Crippen LogP contribution in [-0.2, 0) is 9.59 Å². The van der Waals surface area contributed by atoms with Gasteiger partial charge in [0.1, 0.15) is 10.8 Å². The van der Waals surface area contributed by atoms with Crippen LogP contribution < -0.4 is 4.74 Å². The number of aromatic nitrogens is 1. The summed E-state index contributed by atoms with van der Waals surface area (Å²) in [6.45, 7) is 3.55. The van der Waals surface area contributed by atoms with Crippen LogP contribution in [0.25, 0.3) is 10.2 Å².